The van der Waals surface area contributed by atoms with Crippen molar-refractivity contribution in [3.63, 3.8) is 0 Å². The van der Waals surface area contributed by atoms with Gasteiger partial charge in [0.2, 0.25) is 11.6 Å². The van der Waals surface area contributed by atoms with E-state index in [0.717, 1.165) is 0 Å². The first kappa shape index (κ1) is 19.2. The molecule has 28 heavy (non-hydrogen) atoms. The van der Waals surface area contributed by atoms with Crippen LogP contribution in [0.2, 0.25) is 0 Å². The Balaban J connectivity index is 1.90. The number of hydrogen-bond donors (Lipinski definition) is 1. The number of guanidine groups is 1. The predicted molar refractivity (Wildman–Crippen MR) is 101 cm³/mol. The summed E-state index contributed by atoms with van der Waals surface area (Å²) >= 11 is 0. The van der Waals surface area contributed by atoms with Crippen LogP contribution in [0.15, 0.2) is 41.5 Å². The Labute approximate surface area is 161 Å². The van der Waals surface area contributed by atoms with Gasteiger partial charge in [0.25, 0.3) is 0 Å². The first-order valence-electron chi connectivity index (χ1n) is 8.51. The third kappa shape index (κ3) is 3.60. The molecule has 2 heterocycles. The average molecular weight is 379 g/mol. The van der Waals surface area contributed by atoms with Gasteiger partial charge in [-0.15, -0.1) is 0 Å². The molecule has 2 N–H and O–H groups in total. The van der Waals surface area contributed by atoms with Crippen molar-refractivity contribution in [1.82, 2.24) is 9.88 Å². The normalized spacial score (nSPS) is 19.1. The van der Waals surface area contributed by atoms with Crippen molar-refractivity contribution in [2.45, 2.75) is 25.3 Å². The highest BCUT2D eigenvalue weighted by Crippen LogP contribution is 2.35. The monoisotopic (exact) mass is 379 g/mol. The van der Waals surface area contributed by atoms with Crippen LogP contribution < -0.4 is 5.73 Å². The van der Waals surface area contributed by atoms with Crippen molar-refractivity contribution in [2.24, 2.45) is 10.7 Å². The van der Waals surface area contributed by atoms with Gasteiger partial charge in [0, 0.05) is 25.2 Å². The second-order valence-corrected chi connectivity index (χ2v) is 6.80. The van der Waals surface area contributed by atoms with Crippen LogP contribution in [0.4, 0.5) is 10.1 Å². The van der Waals surface area contributed by atoms with Crippen LogP contribution in [0.25, 0.3) is 4.85 Å². The Morgan fingerprint density at radius 2 is 2.14 bits per heavy atom. The van der Waals surface area contributed by atoms with Crippen LogP contribution in [0.5, 0.6) is 0 Å². The molecule has 0 saturated heterocycles. The van der Waals surface area contributed by atoms with E-state index in [0.29, 0.717) is 11.3 Å². The SMILES string of the molecule is [C-]#[N+]c1ccc(C(=O)Cc2ccc(F)c(C3(C)CC(=O)N(C)C(N)=N3)c2)nc1. The largest absolute Gasteiger partial charge is 0.369 e. The summed E-state index contributed by atoms with van der Waals surface area (Å²) in [6, 6.07) is 7.31. The zero-order valence-electron chi connectivity index (χ0n) is 15.4. The van der Waals surface area contributed by atoms with Crippen molar-refractivity contribution >= 4 is 23.3 Å². The third-order valence-corrected chi connectivity index (χ3v) is 4.71. The minimum atomic E-state index is -1.15. The Kier molecular flexibility index (Phi) is 4.92. The van der Waals surface area contributed by atoms with Gasteiger partial charge in [-0.05, 0) is 30.7 Å². The van der Waals surface area contributed by atoms with Gasteiger partial charge in [-0.3, -0.25) is 19.5 Å². The van der Waals surface area contributed by atoms with E-state index in [2.05, 4.69) is 14.8 Å². The second kappa shape index (κ2) is 7.19. The quantitative estimate of drug-likeness (QED) is 0.653. The average Bonchev–Trinajstić information content (AvgIpc) is 2.67. The number of amides is 1. The number of halogens is 1. The van der Waals surface area contributed by atoms with E-state index in [1.807, 2.05) is 0 Å². The summed E-state index contributed by atoms with van der Waals surface area (Å²) in [6.07, 6.45) is 1.30. The molecule has 0 bridgehead atoms. The minimum Gasteiger partial charge on any atom is -0.369 e. The number of Topliss-reactive ketones (excluding diaryl/α,β-unsaturated/α-hetero) is 1. The maximum absolute atomic E-state index is 14.5. The van der Waals surface area contributed by atoms with Gasteiger partial charge in [0.1, 0.15) is 11.5 Å². The fraction of sp³-hybridized carbons (Fsp3) is 0.250. The number of hydrogen-bond acceptors (Lipinski definition) is 5. The summed E-state index contributed by atoms with van der Waals surface area (Å²) in [6.45, 7) is 8.56. The van der Waals surface area contributed by atoms with Gasteiger partial charge in [0.15, 0.2) is 11.7 Å². The lowest BCUT2D eigenvalue weighted by Gasteiger charge is -2.34. The summed E-state index contributed by atoms with van der Waals surface area (Å²) in [5.74, 6) is -1.03. The van der Waals surface area contributed by atoms with Gasteiger partial charge in [-0.1, -0.05) is 12.1 Å². The molecule has 1 aromatic carbocycles. The zero-order valence-corrected chi connectivity index (χ0v) is 15.4. The number of aliphatic imine (C=N–C) groups is 1. The maximum atomic E-state index is 14.5. The molecule has 1 unspecified atom stereocenters. The van der Waals surface area contributed by atoms with Crippen LogP contribution in [-0.2, 0) is 16.8 Å². The van der Waals surface area contributed by atoms with Gasteiger partial charge in [-0.25, -0.2) is 14.2 Å². The lowest BCUT2D eigenvalue weighted by atomic mass is 9.85. The molecule has 142 valence electrons. The number of benzene rings is 1. The molecule has 0 spiro atoms. The first-order chi connectivity index (χ1) is 13.2. The van der Waals surface area contributed by atoms with E-state index < -0.39 is 11.4 Å². The summed E-state index contributed by atoms with van der Waals surface area (Å²) < 4.78 is 14.5. The fourth-order valence-corrected chi connectivity index (χ4v) is 3.05. The van der Waals surface area contributed by atoms with Crippen molar-refractivity contribution < 1.29 is 14.0 Å². The number of carbonyl (C=O) groups excluding carboxylic acids is 2. The zero-order chi connectivity index (χ0) is 20.5. The number of nitrogens with two attached hydrogens (primary N) is 1. The Morgan fingerprint density at radius 3 is 2.75 bits per heavy atom. The van der Waals surface area contributed by atoms with Gasteiger partial charge >= 0.3 is 0 Å². The number of rotatable bonds is 4. The maximum Gasteiger partial charge on any atom is 0.231 e. The van der Waals surface area contributed by atoms with Crippen LogP contribution >= 0.6 is 0 Å². The Hall–Kier alpha value is -3.60. The molecule has 0 radical (unpaired) electrons. The topological polar surface area (TPSA) is 93.0 Å². The van der Waals surface area contributed by atoms with Crippen molar-refractivity contribution in [3.05, 3.63) is 70.6 Å². The number of carbonyl (C=O) groups is 2. The Morgan fingerprint density at radius 1 is 1.39 bits per heavy atom. The van der Waals surface area contributed by atoms with E-state index in [-0.39, 0.29) is 41.7 Å². The van der Waals surface area contributed by atoms with Crippen molar-refractivity contribution in [1.29, 1.82) is 0 Å². The van der Waals surface area contributed by atoms with E-state index in [1.165, 1.54) is 48.5 Å². The van der Waals surface area contributed by atoms with Crippen molar-refractivity contribution in [3.8, 4) is 0 Å². The first-order valence-corrected chi connectivity index (χ1v) is 8.51. The van der Waals surface area contributed by atoms with Gasteiger partial charge in [-0.2, -0.15) is 0 Å². The standard InChI is InChI=1S/C20H18FN5O2/c1-20(10-18(28)26(3)19(22)25-20)14-8-12(4-6-15(14)21)9-17(27)16-7-5-13(23-2)11-24-16/h4-8,11H,9-10H2,1,3H3,(H2,22,25). The second-order valence-electron chi connectivity index (χ2n) is 6.80. The smallest absolute Gasteiger partial charge is 0.231 e. The molecule has 2 aromatic rings. The van der Waals surface area contributed by atoms with E-state index in [1.54, 1.807) is 6.92 Å². The molecule has 8 heteroatoms. The third-order valence-electron chi connectivity index (χ3n) is 4.71. The van der Waals surface area contributed by atoms with E-state index in [9.17, 15) is 14.0 Å². The molecule has 1 atom stereocenters. The molecule has 1 aliphatic rings. The molecular formula is C20H18FN5O2. The number of ketones is 1. The molecule has 7 nitrogen and oxygen atoms in total. The molecule has 0 fully saturated rings. The summed E-state index contributed by atoms with van der Waals surface area (Å²) in [7, 11) is 1.51. The molecule has 1 aromatic heterocycles. The number of nitrogens with zero attached hydrogens (tertiary/aromatic N) is 4. The minimum absolute atomic E-state index is 0.000764. The molecule has 0 aliphatic carbocycles. The Bertz CT molecular complexity index is 1030. The van der Waals surface area contributed by atoms with Crippen LogP contribution in [-0.4, -0.2) is 34.6 Å². The highest BCUT2D eigenvalue weighted by atomic mass is 19.1. The summed E-state index contributed by atoms with van der Waals surface area (Å²) in [5.41, 5.74) is 6.00. The van der Waals surface area contributed by atoms with Crippen LogP contribution in [0.3, 0.4) is 0 Å². The molecule has 3 rings (SSSR count). The molecule has 0 saturated carbocycles. The van der Waals surface area contributed by atoms with Crippen LogP contribution in [0, 0.1) is 12.4 Å². The summed E-state index contributed by atoms with van der Waals surface area (Å²) in [4.78, 5) is 37.4. The lowest BCUT2D eigenvalue weighted by Crippen LogP contribution is -2.47. The number of aromatic nitrogens is 1. The fourth-order valence-electron chi connectivity index (χ4n) is 3.05. The molecular weight excluding hydrogens is 361 g/mol. The molecule has 1 aliphatic heterocycles. The van der Waals surface area contributed by atoms with E-state index in [4.69, 9.17) is 12.3 Å². The van der Waals surface area contributed by atoms with Crippen LogP contribution in [0.1, 0.15) is 35.0 Å². The molecule has 1 amide bonds. The van der Waals surface area contributed by atoms with Crippen molar-refractivity contribution in [2.75, 3.05) is 7.05 Å². The highest BCUT2D eigenvalue weighted by Gasteiger charge is 2.38. The lowest BCUT2D eigenvalue weighted by molar-refractivity contribution is -0.128. The highest BCUT2D eigenvalue weighted by molar-refractivity contribution is 5.99. The summed E-state index contributed by atoms with van der Waals surface area (Å²) in [5, 5.41) is 0. The number of pyridine rings is 1. The van der Waals surface area contributed by atoms with Gasteiger partial charge in [0.05, 0.1) is 18.5 Å². The van der Waals surface area contributed by atoms with E-state index >= 15 is 0 Å². The van der Waals surface area contributed by atoms with Gasteiger partial charge < -0.3 is 5.73 Å². The predicted octanol–water partition coefficient (Wildman–Crippen LogP) is 2.59.